The molecule has 0 bridgehead atoms. The summed E-state index contributed by atoms with van der Waals surface area (Å²) in [5.41, 5.74) is 0. The summed E-state index contributed by atoms with van der Waals surface area (Å²) >= 11 is 1.47. The van der Waals surface area contributed by atoms with E-state index in [-0.39, 0.29) is 11.9 Å². The third-order valence-corrected chi connectivity index (χ3v) is 1.85. The van der Waals surface area contributed by atoms with Crippen molar-refractivity contribution in [3.05, 3.63) is 0 Å². The van der Waals surface area contributed by atoms with E-state index in [2.05, 4.69) is 10.3 Å². The molecule has 0 aromatic carbocycles. The average molecular weight is 158 g/mol. The predicted molar refractivity (Wildman–Crippen MR) is 43.2 cm³/mol. The van der Waals surface area contributed by atoms with E-state index in [0.717, 1.165) is 5.17 Å². The van der Waals surface area contributed by atoms with Crippen LogP contribution >= 0.6 is 11.8 Å². The molecule has 1 saturated heterocycles. The first-order valence-electron chi connectivity index (χ1n) is 3.19. The first-order chi connectivity index (χ1) is 4.68. The fraction of sp³-hybridized carbons (Fsp3) is 0.667. The predicted octanol–water partition coefficient (Wildman–Crippen LogP) is 0.614. The zero-order valence-corrected chi connectivity index (χ0v) is 6.86. The van der Waals surface area contributed by atoms with E-state index in [9.17, 15) is 4.79 Å². The minimum absolute atomic E-state index is 0.0596. The van der Waals surface area contributed by atoms with E-state index < -0.39 is 0 Å². The summed E-state index contributed by atoms with van der Waals surface area (Å²) in [6.07, 6.45) is 0. The molecule has 0 radical (unpaired) electrons. The summed E-state index contributed by atoms with van der Waals surface area (Å²) in [4.78, 5) is 14.8. The van der Waals surface area contributed by atoms with Crippen molar-refractivity contribution in [3.8, 4) is 0 Å². The quantitative estimate of drug-likeness (QED) is 0.607. The van der Waals surface area contributed by atoms with Gasteiger partial charge < -0.3 is 5.32 Å². The Hall–Kier alpha value is -0.510. The molecule has 1 aliphatic rings. The highest BCUT2D eigenvalue weighted by atomic mass is 32.2. The van der Waals surface area contributed by atoms with Crippen molar-refractivity contribution < 1.29 is 4.79 Å². The highest BCUT2D eigenvalue weighted by molar-refractivity contribution is 8.15. The normalized spacial score (nSPS) is 22.3. The van der Waals surface area contributed by atoms with Gasteiger partial charge in [-0.15, -0.1) is 0 Å². The zero-order valence-electron chi connectivity index (χ0n) is 6.05. The summed E-state index contributed by atoms with van der Waals surface area (Å²) < 4.78 is 0. The van der Waals surface area contributed by atoms with Crippen LogP contribution in [0.2, 0.25) is 0 Å². The Morgan fingerprint density at radius 3 is 2.80 bits per heavy atom. The number of amidine groups is 1. The molecule has 1 aliphatic heterocycles. The molecule has 4 heteroatoms. The van der Waals surface area contributed by atoms with Gasteiger partial charge in [-0.1, -0.05) is 11.8 Å². The van der Waals surface area contributed by atoms with Gasteiger partial charge in [0.15, 0.2) is 5.17 Å². The van der Waals surface area contributed by atoms with Gasteiger partial charge in [0.2, 0.25) is 5.91 Å². The number of nitrogens with zero attached hydrogens (tertiary/aromatic N) is 1. The number of carbonyl (C=O) groups excluding carboxylic acids is 1. The molecule has 10 heavy (non-hydrogen) atoms. The van der Waals surface area contributed by atoms with Crippen LogP contribution in [0.3, 0.4) is 0 Å². The summed E-state index contributed by atoms with van der Waals surface area (Å²) in [5.74, 6) is 0.579. The fourth-order valence-electron chi connectivity index (χ4n) is 0.629. The molecule has 56 valence electrons. The second-order valence-electron chi connectivity index (χ2n) is 2.36. The molecule has 0 spiro atoms. The van der Waals surface area contributed by atoms with E-state index in [0.29, 0.717) is 5.75 Å². The molecular formula is C6H10N2OS. The molecule has 1 heterocycles. The smallest absolute Gasteiger partial charge is 0.236 e. The number of hydrogen-bond donors (Lipinski definition) is 1. The molecule has 0 aliphatic carbocycles. The third-order valence-electron chi connectivity index (χ3n) is 0.962. The van der Waals surface area contributed by atoms with E-state index in [1.165, 1.54) is 11.8 Å². The van der Waals surface area contributed by atoms with E-state index in [1.807, 2.05) is 13.8 Å². The first kappa shape index (κ1) is 7.60. The van der Waals surface area contributed by atoms with Gasteiger partial charge in [-0.25, -0.2) is 0 Å². The minimum Gasteiger partial charge on any atom is -0.305 e. The maximum Gasteiger partial charge on any atom is 0.236 e. The van der Waals surface area contributed by atoms with Gasteiger partial charge in [0.05, 0.1) is 5.75 Å². The standard InChI is InChI=1S/C6H10N2OS/c1-4(2)7-6-8-5(9)3-10-6/h4H,3H2,1-2H3,(H,7,8,9). The Bertz CT molecular complexity index is 177. The Morgan fingerprint density at radius 1 is 1.70 bits per heavy atom. The van der Waals surface area contributed by atoms with Gasteiger partial charge in [0.25, 0.3) is 0 Å². The Kier molecular flexibility index (Phi) is 2.32. The number of hydrogen-bond acceptors (Lipinski definition) is 3. The first-order valence-corrected chi connectivity index (χ1v) is 4.17. The molecule has 1 rings (SSSR count). The van der Waals surface area contributed by atoms with Crippen LogP contribution in [0.15, 0.2) is 4.99 Å². The summed E-state index contributed by atoms with van der Waals surface area (Å²) in [6.45, 7) is 3.97. The van der Waals surface area contributed by atoms with Gasteiger partial charge in [-0.05, 0) is 13.8 Å². The lowest BCUT2D eigenvalue weighted by Gasteiger charge is -1.97. The van der Waals surface area contributed by atoms with Crippen LogP contribution in [-0.2, 0) is 4.79 Å². The maximum absolute atomic E-state index is 10.6. The van der Waals surface area contributed by atoms with Crippen LogP contribution < -0.4 is 5.32 Å². The van der Waals surface area contributed by atoms with Gasteiger partial charge in [0, 0.05) is 6.04 Å². The Morgan fingerprint density at radius 2 is 2.40 bits per heavy atom. The van der Waals surface area contributed by atoms with Crippen molar-refractivity contribution in [1.29, 1.82) is 0 Å². The van der Waals surface area contributed by atoms with Gasteiger partial charge in [-0.2, -0.15) is 0 Å². The number of aliphatic imine (C=N–C) groups is 1. The second kappa shape index (κ2) is 3.05. The molecule has 0 saturated carbocycles. The molecule has 1 N–H and O–H groups in total. The average Bonchev–Trinajstić information content (AvgIpc) is 2.13. The highest BCUT2D eigenvalue weighted by Gasteiger charge is 2.15. The van der Waals surface area contributed by atoms with Crippen LogP contribution in [-0.4, -0.2) is 22.9 Å². The van der Waals surface area contributed by atoms with Crippen LogP contribution in [0.1, 0.15) is 13.8 Å². The zero-order chi connectivity index (χ0) is 7.56. The number of thioether (sulfide) groups is 1. The monoisotopic (exact) mass is 158 g/mol. The van der Waals surface area contributed by atoms with Crippen molar-refractivity contribution in [2.24, 2.45) is 4.99 Å². The summed E-state index contributed by atoms with van der Waals surface area (Å²) in [6, 6.07) is 0.265. The van der Waals surface area contributed by atoms with Crippen molar-refractivity contribution >= 4 is 22.8 Å². The lowest BCUT2D eigenvalue weighted by atomic mass is 10.4. The molecule has 0 atom stereocenters. The summed E-state index contributed by atoms with van der Waals surface area (Å²) in [5, 5.41) is 3.42. The molecule has 3 nitrogen and oxygen atoms in total. The maximum atomic E-state index is 10.6. The molecule has 1 fully saturated rings. The van der Waals surface area contributed by atoms with Crippen molar-refractivity contribution in [3.63, 3.8) is 0 Å². The largest absolute Gasteiger partial charge is 0.305 e. The van der Waals surface area contributed by atoms with Crippen LogP contribution in [0.5, 0.6) is 0 Å². The van der Waals surface area contributed by atoms with E-state index >= 15 is 0 Å². The lowest BCUT2D eigenvalue weighted by Crippen LogP contribution is -2.21. The summed E-state index contributed by atoms with van der Waals surface area (Å²) in [7, 11) is 0. The van der Waals surface area contributed by atoms with Crippen LogP contribution in [0, 0.1) is 0 Å². The second-order valence-corrected chi connectivity index (χ2v) is 3.33. The fourth-order valence-corrected chi connectivity index (χ4v) is 1.44. The molecule has 0 aromatic heterocycles. The van der Waals surface area contributed by atoms with E-state index in [1.54, 1.807) is 0 Å². The van der Waals surface area contributed by atoms with Gasteiger partial charge >= 0.3 is 0 Å². The van der Waals surface area contributed by atoms with Crippen molar-refractivity contribution in [1.82, 2.24) is 5.32 Å². The molecule has 0 unspecified atom stereocenters. The minimum atomic E-state index is 0.0596. The number of amides is 1. The highest BCUT2D eigenvalue weighted by Crippen LogP contribution is 2.09. The third kappa shape index (κ3) is 2.02. The molecular weight excluding hydrogens is 148 g/mol. The SMILES string of the molecule is CC(C)/N=C1/NC(=O)CS1. The number of rotatable bonds is 1. The van der Waals surface area contributed by atoms with Crippen molar-refractivity contribution in [2.75, 3.05) is 5.75 Å². The van der Waals surface area contributed by atoms with Gasteiger partial charge in [0.1, 0.15) is 0 Å². The van der Waals surface area contributed by atoms with Crippen LogP contribution in [0.4, 0.5) is 0 Å². The lowest BCUT2D eigenvalue weighted by molar-refractivity contribution is -0.116. The van der Waals surface area contributed by atoms with E-state index in [4.69, 9.17) is 0 Å². The Balaban J connectivity index is 2.51. The van der Waals surface area contributed by atoms with Crippen molar-refractivity contribution in [2.45, 2.75) is 19.9 Å². The van der Waals surface area contributed by atoms with Gasteiger partial charge in [-0.3, -0.25) is 9.79 Å². The molecule has 0 aromatic rings. The van der Waals surface area contributed by atoms with Crippen LogP contribution in [0.25, 0.3) is 0 Å². The number of nitrogens with one attached hydrogen (secondary N) is 1. The molecule has 1 amide bonds. The number of carbonyl (C=O) groups is 1. The topological polar surface area (TPSA) is 41.5 Å². The Labute approximate surface area is 64.3 Å².